The molecule has 9 nitrogen and oxygen atoms in total. The minimum atomic E-state index is -0.198. The van der Waals surface area contributed by atoms with Crippen molar-refractivity contribution in [1.82, 2.24) is 29.4 Å². The van der Waals surface area contributed by atoms with Gasteiger partial charge in [-0.25, -0.2) is 9.97 Å². The van der Waals surface area contributed by atoms with Crippen LogP contribution in [0.15, 0.2) is 52.0 Å². The van der Waals surface area contributed by atoms with Crippen LogP contribution >= 0.6 is 27.5 Å². The van der Waals surface area contributed by atoms with E-state index >= 15 is 0 Å². The number of imidazole rings is 1. The number of rotatable bonds is 5. The Hall–Kier alpha value is -3.34. The second kappa shape index (κ2) is 10.6. The van der Waals surface area contributed by atoms with Crippen molar-refractivity contribution in [2.24, 2.45) is 5.92 Å². The highest BCUT2D eigenvalue weighted by Crippen LogP contribution is 2.32. The molecule has 1 N–H and O–H groups in total. The molecule has 2 aliphatic heterocycles. The van der Waals surface area contributed by atoms with Gasteiger partial charge < -0.3 is 14.6 Å². The normalized spacial score (nSPS) is 17.8. The summed E-state index contributed by atoms with van der Waals surface area (Å²) >= 11 is 9.65. The lowest BCUT2D eigenvalue weighted by Crippen LogP contribution is -2.46. The number of fused-ring (bicyclic) bond motifs is 1. The SMILES string of the molecule is Cc1cnc(-c2ccc(-n3c(C(C)C4COC4)nc4c(c3=O)CC(C)N(C(=O)c3ccc(Br)c(Cl)c3)C4)cn2)[nH]1. The van der Waals surface area contributed by atoms with Crippen LogP contribution < -0.4 is 5.56 Å². The second-order valence-corrected chi connectivity index (χ2v) is 11.8. The molecule has 0 bridgehead atoms. The summed E-state index contributed by atoms with van der Waals surface area (Å²) in [4.78, 5) is 46.6. The number of pyridine rings is 1. The highest BCUT2D eigenvalue weighted by molar-refractivity contribution is 9.10. The molecule has 5 heterocycles. The van der Waals surface area contributed by atoms with Gasteiger partial charge in [-0.3, -0.25) is 19.1 Å². The van der Waals surface area contributed by atoms with E-state index in [1.807, 2.05) is 26.0 Å². The van der Waals surface area contributed by atoms with E-state index in [1.54, 1.807) is 40.1 Å². The number of carbonyl (C=O) groups excluding carboxylic acids is 1. The Morgan fingerprint density at radius 2 is 2.00 bits per heavy atom. The van der Waals surface area contributed by atoms with E-state index < -0.39 is 0 Å². The molecule has 6 rings (SSSR count). The smallest absolute Gasteiger partial charge is 0.261 e. The van der Waals surface area contributed by atoms with Crippen molar-refractivity contribution in [3.63, 3.8) is 0 Å². The number of hydrogen-bond donors (Lipinski definition) is 1. The van der Waals surface area contributed by atoms with Crippen LogP contribution in [0.1, 0.15) is 52.9 Å². The number of H-pyrrole nitrogens is 1. The van der Waals surface area contributed by atoms with Crippen LogP contribution in [0, 0.1) is 12.8 Å². The number of hydrogen-bond acceptors (Lipinski definition) is 6. The molecular formula is C29H28BrClN6O3. The van der Waals surface area contributed by atoms with Crippen molar-refractivity contribution < 1.29 is 9.53 Å². The van der Waals surface area contributed by atoms with E-state index in [0.717, 1.165) is 10.2 Å². The first-order valence-corrected chi connectivity index (χ1v) is 14.3. The second-order valence-electron chi connectivity index (χ2n) is 10.6. The number of aromatic amines is 1. The van der Waals surface area contributed by atoms with Crippen molar-refractivity contribution in [1.29, 1.82) is 0 Å². The summed E-state index contributed by atoms with van der Waals surface area (Å²) in [6.07, 6.45) is 3.84. The number of halogens is 2. The van der Waals surface area contributed by atoms with E-state index in [0.29, 0.717) is 64.5 Å². The fourth-order valence-corrected chi connectivity index (χ4v) is 5.68. The lowest BCUT2D eigenvalue weighted by Gasteiger charge is -2.36. The molecule has 2 unspecified atom stereocenters. The van der Waals surface area contributed by atoms with Gasteiger partial charge in [0.25, 0.3) is 11.5 Å². The van der Waals surface area contributed by atoms with Gasteiger partial charge in [0.2, 0.25) is 0 Å². The first-order chi connectivity index (χ1) is 19.2. The van der Waals surface area contributed by atoms with E-state index in [4.69, 9.17) is 21.3 Å². The number of nitrogens with one attached hydrogen (secondary N) is 1. The zero-order chi connectivity index (χ0) is 28.1. The molecule has 40 heavy (non-hydrogen) atoms. The average molecular weight is 624 g/mol. The monoisotopic (exact) mass is 622 g/mol. The molecule has 1 fully saturated rings. The molecule has 0 saturated carbocycles. The number of benzene rings is 1. The maximum atomic E-state index is 14.1. The number of amides is 1. The van der Waals surface area contributed by atoms with Crippen LogP contribution in [-0.4, -0.2) is 54.6 Å². The molecule has 0 radical (unpaired) electrons. The Morgan fingerprint density at radius 1 is 1.20 bits per heavy atom. The van der Waals surface area contributed by atoms with Crippen molar-refractivity contribution in [2.45, 2.75) is 45.7 Å². The predicted octanol–water partition coefficient (Wildman–Crippen LogP) is 5.08. The Morgan fingerprint density at radius 3 is 2.62 bits per heavy atom. The Bertz CT molecular complexity index is 1660. The highest BCUT2D eigenvalue weighted by atomic mass is 79.9. The third kappa shape index (κ3) is 4.78. The third-order valence-corrected chi connectivity index (χ3v) is 9.03. The fraction of sp³-hybridized carbons (Fsp3) is 0.345. The zero-order valence-electron chi connectivity index (χ0n) is 22.3. The number of ether oxygens (including phenoxy) is 1. The summed E-state index contributed by atoms with van der Waals surface area (Å²) in [6.45, 7) is 7.45. The van der Waals surface area contributed by atoms with E-state index in [2.05, 4.69) is 37.8 Å². The topological polar surface area (TPSA) is 106 Å². The first kappa shape index (κ1) is 26.9. The molecule has 11 heteroatoms. The summed E-state index contributed by atoms with van der Waals surface area (Å²) in [7, 11) is 0. The summed E-state index contributed by atoms with van der Waals surface area (Å²) in [5, 5.41) is 0.470. The Balaban J connectivity index is 1.40. The van der Waals surface area contributed by atoms with Gasteiger partial charge in [0.1, 0.15) is 11.5 Å². The van der Waals surface area contributed by atoms with Crippen LogP contribution in [-0.2, 0) is 17.7 Å². The maximum absolute atomic E-state index is 14.1. The van der Waals surface area contributed by atoms with Crippen molar-refractivity contribution >= 4 is 33.4 Å². The fourth-order valence-electron chi connectivity index (χ4n) is 5.25. The minimum Gasteiger partial charge on any atom is -0.381 e. The molecule has 206 valence electrons. The van der Waals surface area contributed by atoms with Gasteiger partial charge in [0.15, 0.2) is 5.82 Å². The molecule has 2 atom stereocenters. The molecule has 3 aromatic heterocycles. The van der Waals surface area contributed by atoms with Gasteiger partial charge in [-0.2, -0.15) is 0 Å². The van der Waals surface area contributed by atoms with E-state index in [1.165, 1.54) is 0 Å². The van der Waals surface area contributed by atoms with Crippen molar-refractivity contribution in [3.05, 3.63) is 90.9 Å². The van der Waals surface area contributed by atoms with Crippen LogP contribution in [0.3, 0.4) is 0 Å². The lowest BCUT2D eigenvalue weighted by molar-refractivity contribution is -0.0439. The van der Waals surface area contributed by atoms with Crippen LogP contribution in [0.4, 0.5) is 0 Å². The van der Waals surface area contributed by atoms with Gasteiger partial charge in [-0.1, -0.05) is 18.5 Å². The quantitative estimate of drug-likeness (QED) is 0.333. The van der Waals surface area contributed by atoms with Crippen LogP contribution in [0.25, 0.3) is 17.2 Å². The minimum absolute atomic E-state index is 0.0343. The number of nitrogens with zero attached hydrogens (tertiary/aromatic N) is 5. The van der Waals surface area contributed by atoms with Crippen LogP contribution in [0.2, 0.25) is 5.02 Å². The van der Waals surface area contributed by atoms with E-state index in [9.17, 15) is 9.59 Å². The van der Waals surface area contributed by atoms with Crippen molar-refractivity contribution in [3.8, 4) is 17.2 Å². The standard InChI is InChI=1S/C29H28BrClN6O3/c1-15-10-33-26(34-15)24-7-5-20(11-32-24)37-27(17(3)19-13-40-14-19)35-25-12-36(16(2)8-21(25)29(37)39)28(38)18-4-6-22(30)23(31)9-18/h4-7,9-11,16-17,19H,8,12-14H2,1-3H3,(H,33,34). The zero-order valence-corrected chi connectivity index (χ0v) is 24.7. The van der Waals surface area contributed by atoms with Gasteiger partial charge in [0, 0.05) is 45.4 Å². The molecule has 2 aliphatic rings. The summed E-state index contributed by atoms with van der Waals surface area (Å²) < 4.78 is 7.87. The van der Waals surface area contributed by atoms with Gasteiger partial charge >= 0.3 is 0 Å². The molecule has 1 amide bonds. The maximum Gasteiger partial charge on any atom is 0.261 e. The lowest BCUT2D eigenvalue weighted by atomic mass is 9.90. The Labute approximate surface area is 244 Å². The average Bonchev–Trinajstić information content (AvgIpc) is 3.35. The predicted molar refractivity (Wildman–Crippen MR) is 155 cm³/mol. The molecule has 4 aromatic rings. The molecule has 1 saturated heterocycles. The summed E-state index contributed by atoms with van der Waals surface area (Å²) in [5.74, 6) is 1.39. The molecule has 0 spiro atoms. The van der Waals surface area contributed by atoms with Gasteiger partial charge in [-0.15, -0.1) is 0 Å². The number of aryl methyl sites for hydroxylation is 1. The largest absolute Gasteiger partial charge is 0.381 e. The van der Waals surface area contributed by atoms with Crippen molar-refractivity contribution in [2.75, 3.05) is 13.2 Å². The highest BCUT2D eigenvalue weighted by Gasteiger charge is 2.35. The van der Waals surface area contributed by atoms with Gasteiger partial charge in [0.05, 0.1) is 42.4 Å². The van der Waals surface area contributed by atoms with Gasteiger partial charge in [-0.05, 0) is 66.5 Å². The molecule has 0 aliphatic carbocycles. The number of carbonyl (C=O) groups is 1. The molecule has 1 aromatic carbocycles. The first-order valence-electron chi connectivity index (χ1n) is 13.2. The van der Waals surface area contributed by atoms with E-state index in [-0.39, 0.29) is 35.9 Å². The third-order valence-electron chi connectivity index (χ3n) is 7.80. The molecular weight excluding hydrogens is 596 g/mol. The van der Waals surface area contributed by atoms with Crippen LogP contribution in [0.5, 0.6) is 0 Å². The summed E-state index contributed by atoms with van der Waals surface area (Å²) in [6, 6.07) is 8.71. The number of aromatic nitrogens is 5. The summed E-state index contributed by atoms with van der Waals surface area (Å²) in [5.41, 5.74) is 3.90. The Kier molecular flexibility index (Phi) is 7.10.